The Morgan fingerprint density at radius 3 is 1.43 bits per heavy atom. The van der Waals surface area contributed by atoms with Gasteiger partial charge in [0.25, 0.3) is 0 Å². The fourth-order valence-electron chi connectivity index (χ4n) is 6.28. The number of hydrogen-bond donors (Lipinski definition) is 0. The summed E-state index contributed by atoms with van der Waals surface area (Å²) in [4.78, 5) is 7.01. The molecule has 0 aliphatic heterocycles. The Bertz CT molecular complexity index is 2250. The van der Waals surface area contributed by atoms with Crippen molar-refractivity contribution in [1.29, 1.82) is 0 Å². The molecule has 0 bridgehead atoms. The first-order valence-electron chi connectivity index (χ1n) is 15.9. The highest BCUT2D eigenvalue weighted by atomic mass is 16.3. The monoisotopic (exact) mass is 604 g/mol. The van der Waals surface area contributed by atoms with Gasteiger partial charge in [0.2, 0.25) is 5.89 Å². The molecule has 0 saturated heterocycles. The number of hydrogen-bond acceptors (Lipinski definition) is 3. The zero-order valence-electron chi connectivity index (χ0n) is 26.0. The van der Waals surface area contributed by atoms with Crippen LogP contribution in [0.15, 0.2) is 180 Å². The van der Waals surface area contributed by atoms with Crippen LogP contribution in [-0.4, -0.2) is 4.98 Å². The van der Waals surface area contributed by atoms with Crippen LogP contribution in [0.1, 0.15) is 5.56 Å². The molecule has 0 atom stereocenters. The molecule has 0 N–H and O–H groups in total. The van der Waals surface area contributed by atoms with Gasteiger partial charge in [-0.3, -0.25) is 0 Å². The summed E-state index contributed by atoms with van der Waals surface area (Å²) in [6.07, 6.45) is 0. The summed E-state index contributed by atoms with van der Waals surface area (Å²) in [5.41, 5.74) is 14.2. The lowest BCUT2D eigenvalue weighted by Crippen LogP contribution is -2.09. The Kier molecular flexibility index (Phi) is 7.41. The molecular formula is C44H32N2O. The van der Waals surface area contributed by atoms with E-state index in [9.17, 15) is 0 Å². The molecule has 0 saturated carbocycles. The summed E-state index contributed by atoms with van der Waals surface area (Å²) in [7, 11) is 0. The van der Waals surface area contributed by atoms with Crippen LogP contribution in [-0.2, 0) is 0 Å². The fourth-order valence-corrected chi connectivity index (χ4v) is 6.28. The van der Waals surface area contributed by atoms with Crippen molar-refractivity contribution in [3.8, 4) is 44.8 Å². The van der Waals surface area contributed by atoms with Crippen molar-refractivity contribution in [3.05, 3.63) is 181 Å². The van der Waals surface area contributed by atoms with Gasteiger partial charge in [0.15, 0.2) is 5.58 Å². The molecule has 224 valence electrons. The van der Waals surface area contributed by atoms with Gasteiger partial charge in [-0.2, -0.15) is 0 Å². The van der Waals surface area contributed by atoms with E-state index in [-0.39, 0.29) is 0 Å². The highest BCUT2D eigenvalue weighted by molar-refractivity contribution is 5.92. The third kappa shape index (κ3) is 5.60. The maximum absolute atomic E-state index is 6.10. The van der Waals surface area contributed by atoms with Crippen molar-refractivity contribution in [1.82, 2.24) is 4.98 Å². The lowest BCUT2D eigenvalue weighted by Gasteiger charge is -2.25. The zero-order chi connectivity index (χ0) is 31.6. The zero-order valence-corrected chi connectivity index (χ0v) is 26.0. The Labute approximate surface area is 275 Å². The first kappa shape index (κ1) is 28.3. The van der Waals surface area contributed by atoms with E-state index >= 15 is 0 Å². The predicted molar refractivity (Wildman–Crippen MR) is 195 cm³/mol. The quantitative estimate of drug-likeness (QED) is 0.181. The number of fused-ring (bicyclic) bond motifs is 1. The third-order valence-corrected chi connectivity index (χ3v) is 8.60. The molecular weight excluding hydrogens is 572 g/mol. The number of anilines is 3. The summed E-state index contributed by atoms with van der Waals surface area (Å²) in [5.74, 6) is 0.636. The van der Waals surface area contributed by atoms with Gasteiger partial charge in [-0.25, -0.2) is 4.98 Å². The first-order valence-corrected chi connectivity index (χ1v) is 15.9. The second kappa shape index (κ2) is 12.3. The first-order chi connectivity index (χ1) is 23.2. The summed E-state index contributed by atoms with van der Waals surface area (Å²) in [6, 6.07) is 61.8. The largest absolute Gasteiger partial charge is 0.436 e. The van der Waals surface area contributed by atoms with Gasteiger partial charge in [-0.1, -0.05) is 115 Å². The van der Waals surface area contributed by atoms with Crippen LogP contribution in [0.25, 0.3) is 55.9 Å². The van der Waals surface area contributed by atoms with Crippen LogP contribution >= 0.6 is 0 Å². The number of rotatable bonds is 7. The van der Waals surface area contributed by atoms with Gasteiger partial charge in [-0.15, -0.1) is 0 Å². The molecule has 47 heavy (non-hydrogen) atoms. The van der Waals surface area contributed by atoms with E-state index in [1.54, 1.807) is 0 Å². The smallest absolute Gasteiger partial charge is 0.227 e. The number of nitrogens with zero attached hydrogens (tertiary/aromatic N) is 2. The van der Waals surface area contributed by atoms with Crippen LogP contribution < -0.4 is 4.90 Å². The highest BCUT2D eigenvalue weighted by Crippen LogP contribution is 2.40. The van der Waals surface area contributed by atoms with E-state index in [2.05, 4.69) is 176 Å². The van der Waals surface area contributed by atoms with Crippen molar-refractivity contribution in [3.63, 3.8) is 0 Å². The van der Waals surface area contributed by atoms with Gasteiger partial charge in [0.1, 0.15) is 5.52 Å². The Balaban J connectivity index is 1.14. The molecule has 8 rings (SSSR count). The van der Waals surface area contributed by atoms with E-state index in [0.717, 1.165) is 44.9 Å². The second-order valence-corrected chi connectivity index (χ2v) is 11.7. The summed E-state index contributed by atoms with van der Waals surface area (Å²) in [5, 5.41) is 0. The molecule has 0 aliphatic rings. The lowest BCUT2D eigenvalue weighted by molar-refractivity contribution is 0.619. The molecule has 0 unspecified atom stereocenters. The Hall–Kier alpha value is -6.19. The van der Waals surface area contributed by atoms with E-state index in [4.69, 9.17) is 9.40 Å². The molecule has 8 aromatic rings. The Morgan fingerprint density at radius 1 is 0.426 bits per heavy atom. The molecule has 0 radical (unpaired) electrons. The SMILES string of the molecule is Cc1ccc2nc(-c3ccc(-c4ccccc4-c4ccccc4-c4ccc(N(c5ccccc5)c5ccccc5)cc4)cc3)oc2c1. The lowest BCUT2D eigenvalue weighted by atomic mass is 9.89. The van der Waals surface area contributed by atoms with Gasteiger partial charge in [-0.05, 0) is 107 Å². The van der Waals surface area contributed by atoms with Crippen LogP contribution in [0.5, 0.6) is 0 Å². The minimum absolute atomic E-state index is 0.636. The second-order valence-electron chi connectivity index (χ2n) is 11.7. The molecule has 7 aromatic carbocycles. The summed E-state index contributed by atoms with van der Waals surface area (Å²) >= 11 is 0. The van der Waals surface area contributed by atoms with Crippen LogP contribution in [0, 0.1) is 6.92 Å². The average Bonchev–Trinajstić information content (AvgIpc) is 3.56. The topological polar surface area (TPSA) is 29.3 Å². The molecule has 0 spiro atoms. The summed E-state index contributed by atoms with van der Waals surface area (Å²) in [6.45, 7) is 2.06. The maximum Gasteiger partial charge on any atom is 0.227 e. The van der Waals surface area contributed by atoms with Crippen molar-refractivity contribution in [2.24, 2.45) is 0 Å². The fraction of sp³-hybridized carbons (Fsp3) is 0.0227. The van der Waals surface area contributed by atoms with Crippen LogP contribution in [0.4, 0.5) is 17.1 Å². The maximum atomic E-state index is 6.10. The van der Waals surface area contributed by atoms with E-state index < -0.39 is 0 Å². The third-order valence-electron chi connectivity index (χ3n) is 8.60. The van der Waals surface area contributed by atoms with Crippen molar-refractivity contribution >= 4 is 28.2 Å². The molecule has 1 aromatic heterocycles. The number of para-hydroxylation sites is 2. The van der Waals surface area contributed by atoms with Crippen molar-refractivity contribution in [2.45, 2.75) is 6.92 Å². The van der Waals surface area contributed by atoms with Gasteiger partial charge >= 0.3 is 0 Å². The number of oxazole rings is 1. The number of benzene rings is 7. The Morgan fingerprint density at radius 2 is 0.872 bits per heavy atom. The van der Waals surface area contributed by atoms with E-state index in [1.165, 1.54) is 27.8 Å². The van der Waals surface area contributed by atoms with Crippen LogP contribution in [0.3, 0.4) is 0 Å². The van der Waals surface area contributed by atoms with E-state index in [1.807, 2.05) is 12.1 Å². The minimum atomic E-state index is 0.636. The molecule has 0 aliphatic carbocycles. The predicted octanol–water partition coefficient (Wildman–Crippen LogP) is 12.3. The minimum Gasteiger partial charge on any atom is -0.436 e. The normalized spacial score (nSPS) is 11.1. The van der Waals surface area contributed by atoms with Gasteiger partial charge in [0.05, 0.1) is 0 Å². The molecule has 1 heterocycles. The molecule has 0 amide bonds. The average molecular weight is 605 g/mol. The summed E-state index contributed by atoms with van der Waals surface area (Å²) < 4.78 is 6.10. The van der Waals surface area contributed by atoms with Gasteiger partial charge < -0.3 is 9.32 Å². The number of aromatic nitrogens is 1. The highest BCUT2D eigenvalue weighted by Gasteiger charge is 2.16. The van der Waals surface area contributed by atoms with E-state index in [0.29, 0.717) is 5.89 Å². The van der Waals surface area contributed by atoms with Gasteiger partial charge in [0, 0.05) is 22.6 Å². The van der Waals surface area contributed by atoms with Crippen molar-refractivity contribution < 1.29 is 4.42 Å². The molecule has 3 nitrogen and oxygen atoms in total. The molecule has 3 heteroatoms. The number of aryl methyl sites for hydroxylation is 1. The van der Waals surface area contributed by atoms with Crippen molar-refractivity contribution in [2.75, 3.05) is 4.90 Å². The molecule has 0 fully saturated rings. The standard InChI is InChI=1S/C44H32N2O/c1-31-20-29-42-43(30-31)47-44(45-42)34-23-21-32(22-24-34)38-16-8-10-18-40(38)41-19-11-9-17-39(41)33-25-27-37(28-26-33)46(35-12-4-2-5-13-35)36-14-6-3-7-15-36/h2-30H,1H3. The van der Waals surface area contributed by atoms with Crippen LogP contribution in [0.2, 0.25) is 0 Å².